The summed E-state index contributed by atoms with van der Waals surface area (Å²) in [5.74, 6) is 0. The van der Waals surface area contributed by atoms with E-state index in [1.165, 1.54) is 38.6 Å². The van der Waals surface area contributed by atoms with Crippen LogP contribution in [0.3, 0.4) is 0 Å². The standard InChI is InChI=1S/C19H30N2/c1-4-17-13-20-19(3,5-2)14-21(17)18-11-10-15-8-6-7-9-16(15)12-18/h6-9,17-18,20H,4-5,10-14H2,1-3H3. The van der Waals surface area contributed by atoms with Crippen molar-refractivity contribution in [1.82, 2.24) is 10.2 Å². The number of hydrogen-bond donors (Lipinski definition) is 1. The summed E-state index contributed by atoms with van der Waals surface area (Å²) in [7, 11) is 0. The lowest BCUT2D eigenvalue weighted by Gasteiger charge is -2.50. The summed E-state index contributed by atoms with van der Waals surface area (Å²) in [6.45, 7) is 9.40. The molecule has 2 nitrogen and oxygen atoms in total. The maximum absolute atomic E-state index is 3.79. The number of nitrogens with zero attached hydrogens (tertiary/aromatic N) is 1. The Hall–Kier alpha value is -0.860. The van der Waals surface area contributed by atoms with Gasteiger partial charge in [-0.15, -0.1) is 0 Å². The number of benzene rings is 1. The van der Waals surface area contributed by atoms with E-state index in [0.717, 1.165) is 12.6 Å². The van der Waals surface area contributed by atoms with Crippen LogP contribution in [0, 0.1) is 0 Å². The van der Waals surface area contributed by atoms with E-state index in [1.807, 2.05) is 0 Å². The second-order valence-electron chi connectivity index (χ2n) is 7.19. The zero-order valence-electron chi connectivity index (χ0n) is 13.9. The molecule has 1 aromatic rings. The van der Waals surface area contributed by atoms with Crippen molar-refractivity contribution >= 4 is 0 Å². The third kappa shape index (κ3) is 3.02. The van der Waals surface area contributed by atoms with Gasteiger partial charge in [0.2, 0.25) is 0 Å². The van der Waals surface area contributed by atoms with Crippen LogP contribution in [-0.4, -0.2) is 35.6 Å². The lowest BCUT2D eigenvalue weighted by Crippen LogP contribution is -2.65. The molecule has 0 bridgehead atoms. The van der Waals surface area contributed by atoms with Crippen molar-refractivity contribution in [2.75, 3.05) is 13.1 Å². The van der Waals surface area contributed by atoms with E-state index in [0.29, 0.717) is 11.6 Å². The number of hydrogen-bond acceptors (Lipinski definition) is 2. The zero-order valence-corrected chi connectivity index (χ0v) is 13.9. The average Bonchev–Trinajstić information content (AvgIpc) is 2.54. The maximum Gasteiger partial charge on any atom is 0.0278 e. The molecule has 2 heteroatoms. The monoisotopic (exact) mass is 286 g/mol. The number of aryl methyl sites for hydroxylation is 1. The fourth-order valence-corrected chi connectivity index (χ4v) is 4.07. The van der Waals surface area contributed by atoms with Gasteiger partial charge in [0.1, 0.15) is 0 Å². The molecular formula is C19H30N2. The molecule has 1 saturated heterocycles. The smallest absolute Gasteiger partial charge is 0.0278 e. The highest BCUT2D eigenvalue weighted by Crippen LogP contribution is 2.30. The number of nitrogens with one attached hydrogen (secondary N) is 1. The van der Waals surface area contributed by atoms with Crippen molar-refractivity contribution < 1.29 is 0 Å². The van der Waals surface area contributed by atoms with E-state index in [9.17, 15) is 0 Å². The Morgan fingerprint density at radius 2 is 2.00 bits per heavy atom. The van der Waals surface area contributed by atoms with Gasteiger partial charge in [-0.2, -0.15) is 0 Å². The molecule has 0 saturated carbocycles. The fraction of sp³-hybridized carbons (Fsp3) is 0.684. The van der Waals surface area contributed by atoms with E-state index >= 15 is 0 Å². The van der Waals surface area contributed by atoms with Gasteiger partial charge in [0.15, 0.2) is 0 Å². The van der Waals surface area contributed by atoms with Crippen LogP contribution in [0.4, 0.5) is 0 Å². The maximum atomic E-state index is 3.79. The summed E-state index contributed by atoms with van der Waals surface area (Å²) in [6.07, 6.45) is 6.29. The lowest BCUT2D eigenvalue weighted by molar-refractivity contribution is 0.0382. The van der Waals surface area contributed by atoms with E-state index in [1.54, 1.807) is 11.1 Å². The third-order valence-electron chi connectivity index (χ3n) is 5.81. The lowest BCUT2D eigenvalue weighted by atomic mass is 9.84. The van der Waals surface area contributed by atoms with E-state index in [4.69, 9.17) is 0 Å². The molecule has 2 aliphatic rings. The molecule has 1 heterocycles. The van der Waals surface area contributed by atoms with Crippen LogP contribution in [0.15, 0.2) is 24.3 Å². The number of piperazine rings is 1. The number of rotatable bonds is 3. The van der Waals surface area contributed by atoms with Crippen LogP contribution < -0.4 is 5.32 Å². The SMILES string of the molecule is CCC1CNC(C)(CC)CN1C1CCc2ccccc2C1. The Morgan fingerprint density at radius 1 is 1.24 bits per heavy atom. The van der Waals surface area contributed by atoms with Gasteiger partial charge in [0.05, 0.1) is 0 Å². The summed E-state index contributed by atoms with van der Waals surface area (Å²) in [6, 6.07) is 10.5. The summed E-state index contributed by atoms with van der Waals surface area (Å²) in [5.41, 5.74) is 3.46. The minimum Gasteiger partial charge on any atom is -0.309 e. The van der Waals surface area contributed by atoms with Crippen molar-refractivity contribution in [3.8, 4) is 0 Å². The Kier molecular flexibility index (Phi) is 4.37. The van der Waals surface area contributed by atoms with Gasteiger partial charge in [0, 0.05) is 30.7 Å². The first-order valence-corrected chi connectivity index (χ1v) is 8.72. The predicted molar refractivity (Wildman–Crippen MR) is 89.7 cm³/mol. The first-order valence-electron chi connectivity index (χ1n) is 8.72. The number of fused-ring (bicyclic) bond motifs is 1. The second-order valence-corrected chi connectivity index (χ2v) is 7.19. The molecule has 1 aromatic carbocycles. The van der Waals surface area contributed by atoms with Gasteiger partial charge in [-0.3, -0.25) is 4.90 Å². The van der Waals surface area contributed by atoms with Crippen molar-refractivity contribution in [2.24, 2.45) is 0 Å². The van der Waals surface area contributed by atoms with Gasteiger partial charge >= 0.3 is 0 Å². The Bertz CT molecular complexity index is 484. The van der Waals surface area contributed by atoms with Crippen LogP contribution >= 0.6 is 0 Å². The van der Waals surface area contributed by atoms with Crippen LogP contribution in [0.1, 0.15) is 51.2 Å². The third-order valence-corrected chi connectivity index (χ3v) is 5.81. The molecular weight excluding hydrogens is 256 g/mol. The van der Waals surface area contributed by atoms with Crippen LogP contribution in [0.5, 0.6) is 0 Å². The van der Waals surface area contributed by atoms with Crippen molar-refractivity contribution in [2.45, 2.75) is 70.5 Å². The average molecular weight is 286 g/mol. The van der Waals surface area contributed by atoms with Gasteiger partial charge in [0.25, 0.3) is 0 Å². The van der Waals surface area contributed by atoms with Crippen LogP contribution in [0.25, 0.3) is 0 Å². The molecule has 1 fully saturated rings. The topological polar surface area (TPSA) is 15.3 Å². The van der Waals surface area contributed by atoms with Crippen molar-refractivity contribution in [3.05, 3.63) is 35.4 Å². The molecule has 3 unspecified atom stereocenters. The molecule has 0 aromatic heterocycles. The first-order chi connectivity index (χ1) is 10.1. The molecule has 3 atom stereocenters. The minimum atomic E-state index is 0.294. The molecule has 3 rings (SSSR count). The zero-order chi connectivity index (χ0) is 14.9. The highest BCUT2D eigenvalue weighted by molar-refractivity contribution is 5.30. The van der Waals surface area contributed by atoms with E-state index < -0.39 is 0 Å². The molecule has 1 aliphatic heterocycles. The highest BCUT2D eigenvalue weighted by atomic mass is 15.3. The normalized spacial score (nSPS) is 33.7. The molecule has 0 radical (unpaired) electrons. The highest BCUT2D eigenvalue weighted by Gasteiger charge is 2.38. The van der Waals surface area contributed by atoms with Gasteiger partial charge in [-0.1, -0.05) is 38.1 Å². The fourth-order valence-electron chi connectivity index (χ4n) is 4.07. The Balaban J connectivity index is 1.78. The second kappa shape index (κ2) is 6.10. The van der Waals surface area contributed by atoms with Gasteiger partial charge in [-0.25, -0.2) is 0 Å². The molecule has 0 amide bonds. The largest absolute Gasteiger partial charge is 0.309 e. The molecule has 1 N–H and O–H groups in total. The summed E-state index contributed by atoms with van der Waals surface area (Å²) < 4.78 is 0. The first kappa shape index (κ1) is 15.1. The van der Waals surface area contributed by atoms with Crippen molar-refractivity contribution in [3.63, 3.8) is 0 Å². The van der Waals surface area contributed by atoms with Crippen LogP contribution in [-0.2, 0) is 12.8 Å². The quantitative estimate of drug-likeness (QED) is 0.916. The molecule has 1 aliphatic carbocycles. The van der Waals surface area contributed by atoms with Crippen LogP contribution in [0.2, 0.25) is 0 Å². The Morgan fingerprint density at radius 3 is 2.71 bits per heavy atom. The van der Waals surface area contributed by atoms with Gasteiger partial charge < -0.3 is 5.32 Å². The summed E-state index contributed by atoms with van der Waals surface area (Å²) >= 11 is 0. The Labute approximate surface area is 129 Å². The summed E-state index contributed by atoms with van der Waals surface area (Å²) in [4.78, 5) is 2.83. The minimum absolute atomic E-state index is 0.294. The molecule has 116 valence electrons. The van der Waals surface area contributed by atoms with E-state index in [-0.39, 0.29) is 0 Å². The predicted octanol–water partition coefficient (Wildman–Crippen LogP) is 3.40. The molecule has 0 spiro atoms. The molecule has 21 heavy (non-hydrogen) atoms. The summed E-state index contributed by atoms with van der Waals surface area (Å²) in [5, 5.41) is 3.79. The van der Waals surface area contributed by atoms with Gasteiger partial charge in [-0.05, 0) is 50.2 Å². The van der Waals surface area contributed by atoms with E-state index in [2.05, 4.69) is 55.3 Å². The van der Waals surface area contributed by atoms with Crippen molar-refractivity contribution in [1.29, 1.82) is 0 Å².